The summed E-state index contributed by atoms with van der Waals surface area (Å²) in [6.07, 6.45) is 0. The van der Waals surface area contributed by atoms with E-state index in [1.807, 2.05) is 24.3 Å². The second-order valence-corrected chi connectivity index (χ2v) is 16.5. The molecule has 33 heavy (non-hydrogen) atoms. The van der Waals surface area contributed by atoms with E-state index < -0.39 is 8.07 Å². The van der Waals surface area contributed by atoms with Gasteiger partial charge < -0.3 is 13.9 Å². The smallest absolute Gasteiger partial charge is 0.326 e. The van der Waals surface area contributed by atoms with E-state index in [1.165, 1.54) is 11.3 Å². The van der Waals surface area contributed by atoms with Crippen molar-refractivity contribution in [3.8, 4) is 17.2 Å². The van der Waals surface area contributed by atoms with E-state index in [4.69, 9.17) is 30.5 Å². The normalized spacial score (nSPS) is 11.8. The number of thiazole rings is 1. The number of ether oxygens (including phenoxy) is 2. The van der Waals surface area contributed by atoms with E-state index in [1.54, 1.807) is 24.1 Å². The van der Waals surface area contributed by atoms with Crippen LogP contribution in [0.3, 0.4) is 0 Å². The lowest BCUT2D eigenvalue weighted by Gasteiger charge is -2.19. The number of halogens is 2. The fourth-order valence-electron chi connectivity index (χ4n) is 3.01. The number of fused-ring (bicyclic) bond motifs is 1. The monoisotopic (exact) mass is 566 g/mol. The van der Waals surface area contributed by atoms with E-state index >= 15 is 0 Å². The molecule has 2 aromatic carbocycles. The lowest BCUT2D eigenvalue weighted by molar-refractivity contribution is 0.150. The number of hydrogen-bond acceptors (Lipinski definition) is 8. The summed E-state index contributed by atoms with van der Waals surface area (Å²) in [5.41, 5.74) is 1.54. The second kappa shape index (κ2) is 10.1. The maximum atomic E-state index is 6.07. The molecule has 0 bridgehead atoms. The zero-order chi connectivity index (χ0) is 23.6. The van der Waals surface area contributed by atoms with Crippen molar-refractivity contribution in [1.82, 2.24) is 15.2 Å². The third-order valence-electron chi connectivity index (χ3n) is 4.85. The third-order valence-corrected chi connectivity index (χ3v) is 8.48. The van der Waals surface area contributed by atoms with Crippen LogP contribution >= 0.6 is 38.9 Å². The second-order valence-electron chi connectivity index (χ2n) is 8.59. The Kier molecular flexibility index (Phi) is 7.39. The molecule has 4 rings (SSSR count). The number of hydrogen-bond donors (Lipinski definition) is 0. The van der Waals surface area contributed by atoms with Crippen LogP contribution in [-0.4, -0.2) is 43.7 Å². The molecule has 11 heteroatoms. The van der Waals surface area contributed by atoms with Gasteiger partial charge in [-0.1, -0.05) is 53.7 Å². The summed E-state index contributed by atoms with van der Waals surface area (Å²) in [5.74, 6) is 1.09. The maximum absolute atomic E-state index is 6.07. The van der Waals surface area contributed by atoms with Gasteiger partial charge in [-0.3, -0.25) is 0 Å². The highest BCUT2D eigenvalue weighted by Crippen LogP contribution is 2.38. The van der Waals surface area contributed by atoms with Crippen molar-refractivity contribution >= 4 is 68.3 Å². The predicted octanol–water partition coefficient (Wildman–Crippen LogP) is 7.22. The van der Waals surface area contributed by atoms with Crippen LogP contribution in [0.4, 0.5) is 11.1 Å². The summed E-state index contributed by atoms with van der Waals surface area (Å²) in [4.78, 5) is 6.59. The van der Waals surface area contributed by atoms with Crippen molar-refractivity contribution in [3.63, 3.8) is 0 Å². The Bertz CT molecular complexity index is 1260. The zero-order valence-electron chi connectivity index (χ0n) is 18.8. The SMILES string of the molecule is COc1cccc2sc(N(COCC[Si](C)(C)C)c3nnc(-c4ccc(Cl)cc4Br)o3)nc12. The molecule has 0 aliphatic carbocycles. The quantitative estimate of drug-likeness (QED) is 0.120. The largest absolute Gasteiger partial charge is 0.494 e. The molecule has 2 heterocycles. The molecule has 0 atom stereocenters. The van der Waals surface area contributed by atoms with Crippen LogP contribution in [0.5, 0.6) is 5.75 Å². The summed E-state index contributed by atoms with van der Waals surface area (Å²) in [6, 6.07) is 12.6. The first-order chi connectivity index (χ1) is 15.7. The van der Waals surface area contributed by atoms with Crippen LogP contribution in [0.1, 0.15) is 0 Å². The highest BCUT2D eigenvalue weighted by Gasteiger charge is 2.23. The molecule has 0 saturated carbocycles. The first-order valence-electron chi connectivity index (χ1n) is 10.3. The van der Waals surface area contributed by atoms with Gasteiger partial charge in [-0.25, -0.2) is 9.88 Å². The van der Waals surface area contributed by atoms with Crippen molar-refractivity contribution in [1.29, 1.82) is 0 Å². The molecule has 174 valence electrons. The van der Waals surface area contributed by atoms with Crippen molar-refractivity contribution < 1.29 is 13.9 Å². The van der Waals surface area contributed by atoms with E-state index in [9.17, 15) is 0 Å². The van der Waals surface area contributed by atoms with E-state index in [2.05, 4.69) is 45.8 Å². The summed E-state index contributed by atoms with van der Waals surface area (Å²) >= 11 is 11.1. The van der Waals surface area contributed by atoms with Gasteiger partial charge in [-0.2, -0.15) is 0 Å². The molecule has 7 nitrogen and oxygen atoms in total. The number of methoxy groups -OCH3 is 1. The number of nitrogens with zero attached hydrogens (tertiary/aromatic N) is 4. The summed E-state index contributed by atoms with van der Waals surface area (Å²) in [5, 5.41) is 9.85. The van der Waals surface area contributed by atoms with Gasteiger partial charge in [0.2, 0.25) is 0 Å². The molecule has 4 aromatic rings. The lowest BCUT2D eigenvalue weighted by atomic mass is 10.2. The first kappa shape index (κ1) is 24.2. The van der Waals surface area contributed by atoms with Gasteiger partial charge >= 0.3 is 6.01 Å². The third kappa shape index (κ3) is 5.75. The molecule has 0 saturated heterocycles. The molecule has 0 N–H and O–H groups in total. The Hall–Kier alpha value is -1.98. The fourth-order valence-corrected chi connectivity index (χ4v) is 5.59. The maximum Gasteiger partial charge on any atom is 0.326 e. The Morgan fingerprint density at radius 3 is 2.73 bits per heavy atom. The van der Waals surface area contributed by atoms with Crippen LogP contribution in [0, 0.1) is 0 Å². The Labute approximate surface area is 210 Å². The summed E-state index contributed by atoms with van der Waals surface area (Å²) < 4.78 is 19.3. The van der Waals surface area contributed by atoms with Gasteiger partial charge in [-0.05, 0) is 52.3 Å². The molecule has 0 fully saturated rings. The minimum absolute atomic E-state index is 0.246. The first-order valence-corrected chi connectivity index (χ1v) is 16.0. The van der Waals surface area contributed by atoms with Gasteiger partial charge in [0, 0.05) is 24.2 Å². The number of benzene rings is 2. The molecule has 0 radical (unpaired) electrons. The van der Waals surface area contributed by atoms with Crippen molar-refractivity contribution in [3.05, 3.63) is 45.9 Å². The van der Waals surface area contributed by atoms with Crippen LogP contribution in [0.15, 0.2) is 45.3 Å². The average Bonchev–Trinajstić information content (AvgIpc) is 3.40. The molecule has 0 unspecified atom stereocenters. The zero-order valence-corrected chi connectivity index (χ0v) is 22.9. The van der Waals surface area contributed by atoms with Crippen LogP contribution in [-0.2, 0) is 4.74 Å². The van der Waals surface area contributed by atoms with Gasteiger partial charge in [0.05, 0.1) is 17.4 Å². The van der Waals surface area contributed by atoms with Gasteiger partial charge in [0.25, 0.3) is 5.89 Å². The standard InChI is InChI=1S/C22H24BrClN4O3SSi/c1-29-17-6-5-7-18-19(17)25-22(32-18)28(13-30-10-11-33(2,3)4)21-27-26-20(31-21)15-9-8-14(24)12-16(15)23/h5-9,12H,10-11,13H2,1-4H3. The Morgan fingerprint density at radius 2 is 2.00 bits per heavy atom. The fraction of sp³-hybridized carbons (Fsp3) is 0.318. The molecule has 0 aliphatic heterocycles. The predicted molar refractivity (Wildman–Crippen MR) is 140 cm³/mol. The molecule has 0 amide bonds. The van der Waals surface area contributed by atoms with E-state index in [-0.39, 0.29) is 6.73 Å². The van der Waals surface area contributed by atoms with E-state index in [0.29, 0.717) is 34.4 Å². The minimum atomic E-state index is -1.22. The van der Waals surface area contributed by atoms with Gasteiger partial charge in [0.1, 0.15) is 18.0 Å². The van der Waals surface area contributed by atoms with E-state index in [0.717, 1.165) is 26.3 Å². The van der Waals surface area contributed by atoms with Crippen LogP contribution in [0.25, 0.3) is 21.7 Å². The Morgan fingerprint density at radius 1 is 1.18 bits per heavy atom. The summed E-state index contributed by atoms with van der Waals surface area (Å²) in [6.45, 7) is 7.87. The van der Waals surface area contributed by atoms with Crippen molar-refractivity contribution in [2.24, 2.45) is 0 Å². The molecule has 2 aromatic heterocycles. The molecular formula is C22H24BrClN4O3SSi. The van der Waals surface area contributed by atoms with Crippen molar-refractivity contribution in [2.75, 3.05) is 25.3 Å². The van der Waals surface area contributed by atoms with Crippen molar-refractivity contribution in [2.45, 2.75) is 25.7 Å². The molecular weight excluding hydrogens is 544 g/mol. The number of para-hydroxylation sites is 1. The Balaban J connectivity index is 1.67. The lowest BCUT2D eigenvalue weighted by Crippen LogP contribution is -2.25. The number of rotatable bonds is 9. The minimum Gasteiger partial charge on any atom is -0.494 e. The average molecular weight is 568 g/mol. The van der Waals surface area contributed by atoms with Crippen LogP contribution in [0.2, 0.25) is 30.7 Å². The van der Waals surface area contributed by atoms with Crippen LogP contribution < -0.4 is 9.64 Å². The number of anilines is 2. The summed E-state index contributed by atoms with van der Waals surface area (Å²) in [7, 11) is 0.420. The highest BCUT2D eigenvalue weighted by molar-refractivity contribution is 9.10. The highest BCUT2D eigenvalue weighted by atomic mass is 79.9. The number of aromatic nitrogens is 3. The van der Waals surface area contributed by atoms with Gasteiger partial charge in [-0.15, -0.1) is 5.10 Å². The van der Waals surface area contributed by atoms with Gasteiger partial charge in [0.15, 0.2) is 5.13 Å². The topological polar surface area (TPSA) is 73.5 Å². The molecule has 0 spiro atoms. The molecule has 0 aliphatic rings.